The highest BCUT2D eigenvalue weighted by Gasteiger charge is 2.48. The summed E-state index contributed by atoms with van der Waals surface area (Å²) < 4.78 is 5.17. The molecule has 7 nitrogen and oxygen atoms in total. The number of nitrogens with zero attached hydrogens (tertiary/aromatic N) is 1. The van der Waals surface area contributed by atoms with Crippen molar-refractivity contribution in [3.8, 4) is 0 Å². The number of hydrogen-bond acceptors (Lipinski definition) is 5. The number of aryl methyl sites for hydroxylation is 1. The van der Waals surface area contributed by atoms with Crippen LogP contribution in [0.5, 0.6) is 0 Å². The molecule has 0 saturated heterocycles. The van der Waals surface area contributed by atoms with E-state index in [4.69, 9.17) is 51.1 Å². The minimum absolute atomic E-state index is 0.178. The van der Waals surface area contributed by atoms with Gasteiger partial charge in [0.05, 0.1) is 31.2 Å². The summed E-state index contributed by atoms with van der Waals surface area (Å²) in [6, 6.07) is 5.88. The van der Waals surface area contributed by atoms with Crippen molar-refractivity contribution in [2.24, 2.45) is 5.92 Å². The second-order valence-corrected chi connectivity index (χ2v) is 9.35. The third-order valence-electron chi connectivity index (χ3n) is 5.30. The van der Waals surface area contributed by atoms with Crippen LogP contribution in [0.2, 0.25) is 20.1 Å². The Morgan fingerprint density at radius 2 is 1.47 bits per heavy atom. The van der Waals surface area contributed by atoms with E-state index in [1.54, 1.807) is 26.0 Å². The molecule has 1 aliphatic heterocycles. The van der Waals surface area contributed by atoms with Gasteiger partial charge in [-0.05, 0) is 24.0 Å². The zero-order valence-electron chi connectivity index (χ0n) is 18.4. The molecule has 3 rings (SSSR count). The summed E-state index contributed by atoms with van der Waals surface area (Å²) in [7, 11) is 0. The second kappa shape index (κ2) is 10.5. The number of ether oxygens (including phenoxy) is 1. The van der Waals surface area contributed by atoms with E-state index >= 15 is 0 Å². The molecule has 0 aliphatic carbocycles. The topological polar surface area (TPSA) is 92.8 Å². The van der Waals surface area contributed by atoms with Gasteiger partial charge in [-0.3, -0.25) is 19.3 Å². The van der Waals surface area contributed by atoms with Crippen molar-refractivity contribution in [2.45, 2.75) is 33.2 Å². The predicted octanol–water partition coefficient (Wildman–Crippen LogP) is 5.67. The Kier molecular flexibility index (Phi) is 8.14. The van der Waals surface area contributed by atoms with Crippen LogP contribution in [0.4, 0.5) is 5.69 Å². The maximum atomic E-state index is 13.1. The smallest absolute Gasteiger partial charge is 0.330 e. The first kappa shape index (κ1) is 26.3. The monoisotopic (exact) mass is 544 g/mol. The zero-order valence-corrected chi connectivity index (χ0v) is 21.4. The van der Waals surface area contributed by atoms with Crippen molar-refractivity contribution in [3.63, 3.8) is 0 Å². The fraction of sp³-hybridized carbons (Fsp3) is 0.304. The van der Waals surface area contributed by atoms with Crippen molar-refractivity contribution in [1.29, 1.82) is 0 Å². The van der Waals surface area contributed by atoms with Crippen LogP contribution in [0.25, 0.3) is 0 Å². The van der Waals surface area contributed by atoms with Gasteiger partial charge in [-0.15, -0.1) is 0 Å². The first-order valence-electron chi connectivity index (χ1n) is 10.3. The molecule has 2 aromatic rings. The number of carbonyl (C=O) groups excluding carboxylic acids is 4. The molecule has 0 saturated carbocycles. The average molecular weight is 546 g/mol. The number of hydrogen-bond donors (Lipinski definition) is 1. The standard InChI is InChI=1S/C23H20Cl4N2O5/c1-4-11-7-5-6-8-12(11)28-13(30)9-34-23(33)20(10(2)3)29-21(31)14-15(22(29)32)17(25)19(27)18(26)16(14)24/h5-8,10,20H,4,9H2,1-3H3,(H,28,30)/t20-/m1/s1. The lowest BCUT2D eigenvalue weighted by Crippen LogP contribution is -2.49. The molecule has 0 unspecified atom stereocenters. The van der Waals surface area contributed by atoms with Crippen LogP contribution in [0.1, 0.15) is 47.1 Å². The Morgan fingerprint density at radius 1 is 0.941 bits per heavy atom. The maximum absolute atomic E-state index is 13.1. The number of esters is 1. The zero-order chi connectivity index (χ0) is 25.3. The summed E-state index contributed by atoms with van der Waals surface area (Å²) in [5.74, 6) is -3.77. The van der Waals surface area contributed by atoms with Crippen molar-refractivity contribution in [3.05, 3.63) is 61.0 Å². The van der Waals surface area contributed by atoms with Crippen LogP contribution in [0, 0.1) is 5.92 Å². The van der Waals surface area contributed by atoms with Crippen molar-refractivity contribution in [1.82, 2.24) is 4.90 Å². The second-order valence-electron chi connectivity index (χ2n) is 7.84. The van der Waals surface area contributed by atoms with E-state index in [0.717, 1.165) is 5.56 Å². The van der Waals surface area contributed by atoms with Gasteiger partial charge in [-0.1, -0.05) is 85.4 Å². The first-order valence-corrected chi connectivity index (χ1v) is 11.8. The number of para-hydroxylation sites is 1. The molecule has 1 N–H and O–H groups in total. The molecule has 34 heavy (non-hydrogen) atoms. The summed E-state index contributed by atoms with van der Waals surface area (Å²) in [6.07, 6.45) is 0.699. The van der Waals surface area contributed by atoms with Gasteiger partial charge in [0.2, 0.25) is 0 Å². The summed E-state index contributed by atoms with van der Waals surface area (Å²) >= 11 is 24.4. The van der Waals surface area contributed by atoms with Gasteiger partial charge in [-0.25, -0.2) is 4.79 Å². The van der Waals surface area contributed by atoms with E-state index in [2.05, 4.69) is 5.32 Å². The Balaban J connectivity index is 1.81. The summed E-state index contributed by atoms with van der Waals surface area (Å²) in [6.45, 7) is 4.58. The predicted molar refractivity (Wildman–Crippen MR) is 131 cm³/mol. The van der Waals surface area contributed by atoms with Crippen LogP contribution in [0.3, 0.4) is 0 Å². The van der Waals surface area contributed by atoms with Crippen LogP contribution in [0.15, 0.2) is 24.3 Å². The third-order valence-corrected chi connectivity index (χ3v) is 7.10. The van der Waals surface area contributed by atoms with E-state index in [1.807, 2.05) is 19.1 Å². The van der Waals surface area contributed by atoms with Crippen LogP contribution in [-0.2, 0) is 20.7 Å². The van der Waals surface area contributed by atoms with E-state index in [9.17, 15) is 19.2 Å². The van der Waals surface area contributed by atoms with E-state index in [-0.39, 0.29) is 31.2 Å². The van der Waals surface area contributed by atoms with Crippen molar-refractivity contribution >= 4 is 75.8 Å². The number of nitrogens with one attached hydrogen (secondary N) is 1. The quantitative estimate of drug-likeness (QED) is 0.209. The van der Waals surface area contributed by atoms with Gasteiger partial charge in [0.25, 0.3) is 17.7 Å². The number of anilines is 1. The maximum Gasteiger partial charge on any atom is 0.330 e. The molecule has 2 aromatic carbocycles. The van der Waals surface area contributed by atoms with Gasteiger partial charge in [0, 0.05) is 5.69 Å². The molecular weight excluding hydrogens is 526 g/mol. The molecule has 1 aliphatic rings. The number of benzene rings is 2. The molecule has 0 radical (unpaired) electrons. The number of imide groups is 1. The summed E-state index contributed by atoms with van der Waals surface area (Å²) in [5, 5.41) is 1.85. The fourth-order valence-electron chi connectivity index (χ4n) is 3.65. The molecule has 0 fully saturated rings. The van der Waals surface area contributed by atoms with Gasteiger partial charge in [0.1, 0.15) is 6.04 Å². The summed E-state index contributed by atoms with van der Waals surface area (Å²) in [5.41, 5.74) is 1.04. The minimum atomic E-state index is -1.34. The number of carbonyl (C=O) groups is 4. The van der Waals surface area contributed by atoms with Crippen LogP contribution < -0.4 is 5.32 Å². The van der Waals surface area contributed by atoms with Crippen molar-refractivity contribution < 1.29 is 23.9 Å². The van der Waals surface area contributed by atoms with Crippen LogP contribution >= 0.6 is 46.4 Å². The molecule has 1 heterocycles. The van der Waals surface area contributed by atoms with Gasteiger partial charge >= 0.3 is 5.97 Å². The number of amides is 3. The lowest BCUT2D eigenvalue weighted by molar-refractivity contribution is -0.152. The van der Waals surface area contributed by atoms with Gasteiger partial charge < -0.3 is 10.1 Å². The molecular formula is C23H20Cl4N2O5. The highest BCUT2D eigenvalue weighted by Crippen LogP contribution is 2.45. The molecule has 0 aromatic heterocycles. The highest BCUT2D eigenvalue weighted by molar-refractivity contribution is 6.55. The van der Waals surface area contributed by atoms with E-state index < -0.39 is 42.3 Å². The van der Waals surface area contributed by atoms with Gasteiger partial charge in [-0.2, -0.15) is 0 Å². The van der Waals surface area contributed by atoms with Crippen LogP contribution in [-0.4, -0.2) is 41.2 Å². The number of fused-ring (bicyclic) bond motifs is 1. The Labute approximate surface area is 216 Å². The molecule has 11 heteroatoms. The third kappa shape index (κ3) is 4.75. The molecule has 180 valence electrons. The van der Waals surface area contributed by atoms with E-state index in [1.165, 1.54) is 0 Å². The SMILES string of the molecule is CCc1ccccc1NC(=O)COC(=O)[C@@H](C(C)C)N1C(=O)c2c(Cl)c(Cl)c(Cl)c(Cl)c2C1=O. The minimum Gasteiger partial charge on any atom is -0.454 e. The van der Waals surface area contributed by atoms with Crippen molar-refractivity contribution in [2.75, 3.05) is 11.9 Å². The van der Waals surface area contributed by atoms with E-state index in [0.29, 0.717) is 17.0 Å². The Morgan fingerprint density at radius 3 is 1.97 bits per heavy atom. The number of halogens is 4. The summed E-state index contributed by atoms with van der Waals surface area (Å²) in [4.78, 5) is 52.3. The normalized spacial score (nSPS) is 13.8. The molecule has 0 bridgehead atoms. The molecule has 0 spiro atoms. The van der Waals surface area contributed by atoms with Gasteiger partial charge in [0.15, 0.2) is 6.61 Å². The molecule has 3 amide bonds. The number of rotatable bonds is 7. The Hall–Kier alpha value is -2.32. The fourth-order valence-corrected chi connectivity index (χ4v) is 4.67. The highest BCUT2D eigenvalue weighted by atomic mass is 35.5. The Bertz CT molecular complexity index is 1150. The first-order chi connectivity index (χ1) is 16.0. The lowest BCUT2D eigenvalue weighted by Gasteiger charge is -2.27. The lowest BCUT2D eigenvalue weighted by atomic mass is 10.0. The molecule has 1 atom stereocenters. The average Bonchev–Trinajstić information content (AvgIpc) is 3.05. The largest absolute Gasteiger partial charge is 0.454 e.